The van der Waals surface area contributed by atoms with Crippen LogP contribution in [0, 0.1) is 5.92 Å². The molecule has 0 spiro atoms. The first-order valence-electron chi connectivity index (χ1n) is 6.02. The number of hydrogen-bond donors (Lipinski definition) is 1. The highest BCUT2D eigenvalue weighted by molar-refractivity contribution is 7.07. The van der Waals surface area contributed by atoms with E-state index in [9.17, 15) is 14.7 Å². The molecule has 1 saturated heterocycles. The van der Waals surface area contributed by atoms with Crippen molar-refractivity contribution in [2.45, 2.75) is 26.0 Å². The van der Waals surface area contributed by atoms with Gasteiger partial charge in [0, 0.05) is 11.9 Å². The summed E-state index contributed by atoms with van der Waals surface area (Å²) < 4.78 is 5.17. The lowest BCUT2D eigenvalue weighted by molar-refractivity contribution is -0.174. The summed E-state index contributed by atoms with van der Waals surface area (Å²) in [5.74, 6) is -1.01. The third-order valence-corrected chi connectivity index (χ3v) is 3.49. The summed E-state index contributed by atoms with van der Waals surface area (Å²) in [6.45, 7) is 4.27. The zero-order chi connectivity index (χ0) is 14.0. The second-order valence-corrected chi connectivity index (χ2v) is 5.59. The van der Waals surface area contributed by atoms with Crippen LogP contribution in [-0.4, -0.2) is 46.1 Å². The fourth-order valence-corrected chi connectivity index (χ4v) is 2.73. The van der Waals surface area contributed by atoms with E-state index in [1.807, 2.05) is 13.8 Å². The van der Waals surface area contributed by atoms with Gasteiger partial charge in [-0.25, -0.2) is 9.78 Å². The Morgan fingerprint density at radius 3 is 2.95 bits per heavy atom. The topological polar surface area (TPSA) is 79.7 Å². The second-order valence-electron chi connectivity index (χ2n) is 4.87. The monoisotopic (exact) mass is 284 g/mol. The van der Waals surface area contributed by atoms with Gasteiger partial charge in [-0.15, -0.1) is 11.3 Å². The van der Waals surface area contributed by atoms with Crippen molar-refractivity contribution < 1.29 is 19.4 Å². The van der Waals surface area contributed by atoms with Crippen molar-refractivity contribution in [2.75, 3.05) is 13.2 Å². The number of aliphatic carboxylic acids is 1. The molecule has 0 aromatic carbocycles. The van der Waals surface area contributed by atoms with Crippen molar-refractivity contribution in [3.63, 3.8) is 0 Å². The minimum atomic E-state index is -1.07. The fraction of sp³-hybridized carbons (Fsp3) is 0.583. The van der Waals surface area contributed by atoms with Crippen LogP contribution in [0.1, 0.15) is 25.6 Å². The van der Waals surface area contributed by atoms with E-state index in [2.05, 4.69) is 4.98 Å². The largest absolute Gasteiger partial charge is 0.479 e. The SMILES string of the molecule is CC(C)CN1C(=O)COC(C(=O)O)C1c1cscn1. The maximum atomic E-state index is 12.0. The van der Waals surface area contributed by atoms with E-state index in [0.717, 1.165) is 0 Å². The molecular formula is C12H16N2O4S. The Bertz CT molecular complexity index is 460. The first-order chi connectivity index (χ1) is 9.00. The number of ether oxygens (including phenoxy) is 1. The molecule has 2 rings (SSSR count). The number of nitrogens with zero attached hydrogens (tertiary/aromatic N) is 2. The molecular weight excluding hydrogens is 268 g/mol. The second kappa shape index (κ2) is 5.66. The Kier molecular flexibility index (Phi) is 4.16. The van der Waals surface area contributed by atoms with Gasteiger partial charge in [-0.2, -0.15) is 0 Å². The molecule has 1 aliphatic rings. The van der Waals surface area contributed by atoms with Gasteiger partial charge in [0.05, 0.1) is 11.2 Å². The van der Waals surface area contributed by atoms with E-state index >= 15 is 0 Å². The Hall–Kier alpha value is -1.47. The van der Waals surface area contributed by atoms with E-state index in [-0.39, 0.29) is 18.4 Å². The van der Waals surface area contributed by atoms with Crippen LogP contribution in [0.25, 0.3) is 0 Å². The highest BCUT2D eigenvalue weighted by Gasteiger charge is 2.42. The molecule has 104 valence electrons. The molecule has 1 N–H and O–H groups in total. The van der Waals surface area contributed by atoms with E-state index < -0.39 is 18.1 Å². The molecule has 1 fully saturated rings. The van der Waals surface area contributed by atoms with E-state index in [4.69, 9.17) is 4.74 Å². The third-order valence-electron chi connectivity index (χ3n) is 2.89. The van der Waals surface area contributed by atoms with Crippen LogP contribution in [0.15, 0.2) is 10.9 Å². The van der Waals surface area contributed by atoms with Crippen LogP contribution in [0.4, 0.5) is 0 Å². The maximum absolute atomic E-state index is 12.0. The van der Waals surface area contributed by atoms with Crippen molar-refractivity contribution in [1.82, 2.24) is 9.88 Å². The Labute approximate surface area is 115 Å². The highest BCUT2D eigenvalue weighted by atomic mass is 32.1. The Balaban J connectivity index is 2.35. The number of thiazole rings is 1. The number of carbonyl (C=O) groups excluding carboxylic acids is 1. The molecule has 2 unspecified atom stereocenters. The van der Waals surface area contributed by atoms with Gasteiger partial charge in [-0.05, 0) is 5.92 Å². The molecule has 1 aliphatic heterocycles. The van der Waals surface area contributed by atoms with Gasteiger partial charge in [0.2, 0.25) is 5.91 Å². The lowest BCUT2D eigenvalue weighted by atomic mass is 10.0. The van der Waals surface area contributed by atoms with Crippen molar-refractivity contribution in [3.05, 3.63) is 16.6 Å². The summed E-state index contributed by atoms with van der Waals surface area (Å²) in [5, 5.41) is 11.0. The predicted molar refractivity (Wildman–Crippen MR) is 68.8 cm³/mol. The van der Waals surface area contributed by atoms with Gasteiger partial charge in [-0.1, -0.05) is 13.8 Å². The van der Waals surface area contributed by atoms with Gasteiger partial charge in [0.15, 0.2) is 6.10 Å². The summed E-state index contributed by atoms with van der Waals surface area (Å²) in [5.41, 5.74) is 2.20. The molecule has 0 bridgehead atoms. The van der Waals surface area contributed by atoms with Crippen molar-refractivity contribution in [2.24, 2.45) is 5.92 Å². The van der Waals surface area contributed by atoms with Crippen molar-refractivity contribution in [3.8, 4) is 0 Å². The standard InChI is InChI=1S/C12H16N2O4S/c1-7(2)3-14-9(15)4-18-11(12(16)17)10(14)8-5-19-6-13-8/h5-7,10-11H,3-4H2,1-2H3,(H,16,17). The molecule has 0 aliphatic carbocycles. The van der Waals surface area contributed by atoms with Crippen LogP contribution < -0.4 is 0 Å². The maximum Gasteiger partial charge on any atom is 0.335 e. The third kappa shape index (κ3) is 2.93. The van der Waals surface area contributed by atoms with Crippen LogP contribution in [-0.2, 0) is 14.3 Å². The normalized spacial score (nSPS) is 23.9. The van der Waals surface area contributed by atoms with Gasteiger partial charge in [-0.3, -0.25) is 4.79 Å². The molecule has 6 nitrogen and oxygen atoms in total. The van der Waals surface area contributed by atoms with Crippen LogP contribution in [0.5, 0.6) is 0 Å². The summed E-state index contributed by atoms with van der Waals surface area (Å²) in [6.07, 6.45) is -1.06. The summed E-state index contributed by atoms with van der Waals surface area (Å²) in [4.78, 5) is 29.0. The smallest absolute Gasteiger partial charge is 0.335 e. The zero-order valence-electron chi connectivity index (χ0n) is 10.8. The molecule has 0 saturated carbocycles. The quantitative estimate of drug-likeness (QED) is 0.897. The number of carboxylic acids is 1. The van der Waals surface area contributed by atoms with E-state index in [0.29, 0.717) is 12.2 Å². The molecule has 2 heterocycles. The van der Waals surface area contributed by atoms with Crippen LogP contribution >= 0.6 is 11.3 Å². The molecule has 19 heavy (non-hydrogen) atoms. The number of amides is 1. The summed E-state index contributed by atoms with van der Waals surface area (Å²) in [7, 11) is 0. The average molecular weight is 284 g/mol. The van der Waals surface area contributed by atoms with Gasteiger partial charge in [0.1, 0.15) is 12.6 Å². The number of aromatic nitrogens is 1. The number of carbonyl (C=O) groups is 2. The fourth-order valence-electron chi connectivity index (χ4n) is 2.15. The van der Waals surface area contributed by atoms with E-state index in [1.54, 1.807) is 15.8 Å². The molecule has 0 radical (unpaired) electrons. The Morgan fingerprint density at radius 2 is 2.42 bits per heavy atom. The number of morpholine rings is 1. The van der Waals surface area contributed by atoms with Crippen molar-refractivity contribution in [1.29, 1.82) is 0 Å². The minimum absolute atomic E-state index is 0.190. The first-order valence-corrected chi connectivity index (χ1v) is 6.97. The number of carboxylic acid groups (broad SMARTS) is 1. The predicted octanol–water partition coefficient (Wildman–Crippen LogP) is 1.15. The summed E-state index contributed by atoms with van der Waals surface area (Å²) >= 11 is 1.37. The lowest BCUT2D eigenvalue weighted by Gasteiger charge is -2.39. The Morgan fingerprint density at radius 1 is 1.68 bits per heavy atom. The van der Waals surface area contributed by atoms with Gasteiger partial charge < -0.3 is 14.7 Å². The van der Waals surface area contributed by atoms with Crippen LogP contribution in [0.3, 0.4) is 0 Å². The zero-order valence-corrected chi connectivity index (χ0v) is 11.6. The number of rotatable bonds is 4. The molecule has 1 aromatic rings. The van der Waals surface area contributed by atoms with Crippen molar-refractivity contribution >= 4 is 23.2 Å². The summed E-state index contributed by atoms with van der Waals surface area (Å²) in [6, 6.07) is -0.646. The molecule has 1 aromatic heterocycles. The molecule has 2 atom stereocenters. The van der Waals surface area contributed by atoms with E-state index in [1.165, 1.54) is 11.3 Å². The first kappa shape index (κ1) is 14.0. The lowest BCUT2D eigenvalue weighted by Crippen LogP contribution is -2.52. The highest BCUT2D eigenvalue weighted by Crippen LogP contribution is 2.30. The average Bonchev–Trinajstić information content (AvgIpc) is 2.84. The number of hydrogen-bond acceptors (Lipinski definition) is 5. The minimum Gasteiger partial charge on any atom is -0.479 e. The van der Waals surface area contributed by atoms with Gasteiger partial charge >= 0.3 is 5.97 Å². The molecule has 1 amide bonds. The van der Waals surface area contributed by atoms with Gasteiger partial charge in [0.25, 0.3) is 0 Å². The van der Waals surface area contributed by atoms with Crippen LogP contribution in [0.2, 0.25) is 0 Å². The molecule has 7 heteroatoms.